The first kappa shape index (κ1) is 28.0. The van der Waals surface area contributed by atoms with Gasteiger partial charge in [0.1, 0.15) is 0 Å². The standard InChI is InChI=1S/C8H4F3NS2.C8H4F3NS.C2H4O2.Fe/c9-8(10,11)4-2-1-3-5-6(4)14-7(13)12-5;9-8(10,11)5-2-1-3-6-7(5)13-4-12-6;1-2(3)4;/h1-3H,(H,12,13);1-4H;1H3,(H,3,4);. The zero-order valence-electron chi connectivity index (χ0n) is 15.7. The molecule has 14 heteroatoms. The summed E-state index contributed by atoms with van der Waals surface area (Å²) in [7, 11) is 0. The third kappa shape index (κ3) is 7.55. The van der Waals surface area contributed by atoms with E-state index < -0.39 is 29.4 Å². The van der Waals surface area contributed by atoms with Crippen LogP contribution in [0.15, 0.2) is 41.9 Å². The molecule has 4 nitrogen and oxygen atoms in total. The Labute approximate surface area is 200 Å². The van der Waals surface area contributed by atoms with Crippen LogP contribution in [-0.2, 0) is 34.2 Å². The van der Waals surface area contributed by atoms with Gasteiger partial charge in [-0.3, -0.25) is 4.79 Å². The van der Waals surface area contributed by atoms with Crippen LogP contribution in [0, 0.1) is 3.95 Å². The number of nitrogens with one attached hydrogen (secondary N) is 1. The number of thiazole rings is 2. The maximum Gasteiger partial charge on any atom is 0.417 e. The fraction of sp³-hybridized carbons (Fsp3) is 0.167. The number of carboxylic acid groups (broad SMARTS) is 1. The Kier molecular flexibility index (Phi) is 9.84. The number of nitrogens with zero attached hydrogens (tertiary/aromatic N) is 1. The monoisotopic (exact) mass is 554 g/mol. The summed E-state index contributed by atoms with van der Waals surface area (Å²) < 4.78 is 75.3. The van der Waals surface area contributed by atoms with E-state index in [-0.39, 0.29) is 26.5 Å². The Morgan fingerprint density at radius 1 is 1.00 bits per heavy atom. The fourth-order valence-corrected chi connectivity index (χ4v) is 4.36. The Balaban J connectivity index is 0.000000268. The third-order valence-corrected chi connectivity index (χ3v) is 5.57. The average molecular weight is 554 g/mol. The van der Waals surface area contributed by atoms with E-state index in [1.165, 1.54) is 17.6 Å². The number of H-pyrrole nitrogens is 1. The summed E-state index contributed by atoms with van der Waals surface area (Å²) >= 11 is 6.75. The Morgan fingerprint density at radius 2 is 1.50 bits per heavy atom. The molecule has 0 radical (unpaired) electrons. The molecule has 2 N–H and O–H groups in total. The van der Waals surface area contributed by atoms with Crippen molar-refractivity contribution in [3.05, 3.63) is 57.0 Å². The van der Waals surface area contributed by atoms with E-state index in [2.05, 4.69) is 9.97 Å². The van der Waals surface area contributed by atoms with Gasteiger partial charge in [0, 0.05) is 24.0 Å². The second-order valence-electron chi connectivity index (χ2n) is 5.72. The molecule has 0 aliphatic carbocycles. The van der Waals surface area contributed by atoms with Crippen LogP contribution in [0.2, 0.25) is 0 Å². The molecule has 174 valence electrons. The van der Waals surface area contributed by atoms with Crippen molar-refractivity contribution in [1.82, 2.24) is 9.97 Å². The van der Waals surface area contributed by atoms with Crippen LogP contribution in [0.4, 0.5) is 26.3 Å². The van der Waals surface area contributed by atoms with E-state index in [4.69, 9.17) is 22.1 Å². The first-order chi connectivity index (χ1) is 14.3. The Bertz CT molecular complexity index is 1240. The predicted octanol–water partition coefficient (Wildman–Crippen LogP) is 7.38. The second-order valence-corrected chi connectivity index (χ2v) is 8.26. The van der Waals surface area contributed by atoms with Crippen LogP contribution < -0.4 is 0 Å². The Hall–Kier alpha value is -1.99. The van der Waals surface area contributed by atoms with Gasteiger partial charge in [0.15, 0.2) is 3.95 Å². The molecule has 0 saturated carbocycles. The molecule has 2 aromatic carbocycles. The summed E-state index contributed by atoms with van der Waals surface area (Å²) in [5, 5.41) is 7.42. The van der Waals surface area contributed by atoms with Gasteiger partial charge in [0.05, 0.1) is 37.1 Å². The number of alkyl halides is 6. The first-order valence-electron chi connectivity index (χ1n) is 8.08. The SMILES string of the molecule is CC(=O)O.FC(F)(F)c1cccc2[nH]c(=S)sc12.FC(F)(F)c1cccc2ncsc12.[Fe]. The van der Waals surface area contributed by atoms with E-state index in [1.54, 1.807) is 12.1 Å². The fourth-order valence-electron chi connectivity index (χ4n) is 2.31. The summed E-state index contributed by atoms with van der Waals surface area (Å²) in [6.07, 6.45) is -8.61. The molecule has 0 aliphatic rings. The molecule has 0 atom stereocenters. The van der Waals surface area contributed by atoms with Gasteiger partial charge in [-0.2, -0.15) is 26.3 Å². The number of aromatic amines is 1. The number of fused-ring (bicyclic) bond motifs is 2. The molecule has 32 heavy (non-hydrogen) atoms. The van der Waals surface area contributed by atoms with Crippen molar-refractivity contribution in [3.8, 4) is 0 Å². The van der Waals surface area contributed by atoms with Gasteiger partial charge in [0.2, 0.25) is 0 Å². The topological polar surface area (TPSA) is 66.0 Å². The van der Waals surface area contributed by atoms with Gasteiger partial charge in [-0.15, -0.1) is 22.7 Å². The maximum absolute atomic E-state index is 12.5. The van der Waals surface area contributed by atoms with Crippen LogP contribution in [0.1, 0.15) is 18.1 Å². The van der Waals surface area contributed by atoms with Gasteiger partial charge >= 0.3 is 12.4 Å². The van der Waals surface area contributed by atoms with Crippen LogP contribution in [0.25, 0.3) is 20.4 Å². The number of benzene rings is 2. The van der Waals surface area contributed by atoms with E-state index in [0.717, 1.165) is 41.7 Å². The molecule has 4 rings (SSSR count). The molecule has 0 aliphatic heterocycles. The number of carboxylic acids is 1. The summed E-state index contributed by atoms with van der Waals surface area (Å²) in [6.45, 7) is 1.08. The van der Waals surface area contributed by atoms with Crippen molar-refractivity contribution in [1.29, 1.82) is 0 Å². The number of carbonyl (C=O) groups is 1. The van der Waals surface area contributed by atoms with Crippen molar-refractivity contribution in [3.63, 3.8) is 0 Å². The molecule has 0 fully saturated rings. The molecule has 0 saturated heterocycles. The van der Waals surface area contributed by atoms with Gasteiger partial charge in [-0.05, 0) is 36.5 Å². The molecular weight excluding hydrogens is 542 g/mol. The van der Waals surface area contributed by atoms with Gasteiger partial charge < -0.3 is 10.1 Å². The van der Waals surface area contributed by atoms with Crippen molar-refractivity contribution >= 4 is 61.3 Å². The molecule has 0 unspecified atom stereocenters. The number of aliphatic carboxylic acids is 1. The summed E-state index contributed by atoms with van der Waals surface area (Å²) in [4.78, 5) is 15.5. The smallest absolute Gasteiger partial charge is 0.417 e. The minimum absolute atomic E-state index is 0. The van der Waals surface area contributed by atoms with Crippen molar-refractivity contribution in [2.75, 3.05) is 0 Å². The predicted molar refractivity (Wildman–Crippen MR) is 110 cm³/mol. The van der Waals surface area contributed by atoms with Gasteiger partial charge in [-0.1, -0.05) is 12.1 Å². The molecule has 2 heterocycles. The van der Waals surface area contributed by atoms with Crippen LogP contribution in [-0.4, -0.2) is 21.0 Å². The van der Waals surface area contributed by atoms with E-state index >= 15 is 0 Å². The Morgan fingerprint density at radius 3 is 2.03 bits per heavy atom. The zero-order chi connectivity index (χ0) is 23.4. The molecule has 2 aromatic heterocycles. The van der Waals surface area contributed by atoms with E-state index in [0.29, 0.717) is 15.0 Å². The van der Waals surface area contributed by atoms with Crippen LogP contribution in [0.3, 0.4) is 0 Å². The van der Waals surface area contributed by atoms with E-state index in [9.17, 15) is 26.3 Å². The summed E-state index contributed by atoms with van der Waals surface area (Å²) in [5.41, 5.74) is 1.02. The molecule has 0 spiro atoms. The van der Waals surface area contributed by atoms with Gasteiger partial charge in [0.25, 0.3) is 5.97 Å². The zero-order valence-corrected chi connectivity index (χ0v) is 19.2. The minimum atomic E-state index is -4.32. The number of hydrogen-bond donors (Lipinski definition) is 2. The second kappa shape index (κ2) is 11.2. The number of hydrogen-bond acceptors (Lipinski definition) is 5. The molecule has 4 aromatic rings. The van der Waals surface area contributed by atoms with Crippen molar-refractivity contribution in [2.45, 2.75) is 19.3 Å². The molecule has 0 amide bonds. The van der Waals surface area contributed by atoms with Gasteiger partial charge in [-0.25, -0.2) is 4.98 Å². The quantitative estimate of drug-likeness (QED) is 0.135. The summed E-state index contributed by atoms with van der Waals surface area (Å²) in [5.74, 6) is -0.833. The number of aromatic nitrogens is 2. The van der Waals surface area contributed by atoms with Crippen LogP contribution in [0.5, 0.6) is 0 Å². The largest absolute Gasteiger partial charge is 0.481 e. The summed E-state index contributed by atoms with van der Waals surface area (Å²) in [6, 6.07) is 8.01. The maximum atomic E-state index is 12.5. The number of rotatable bonds is 0. The van der Waals surface area contributed by atoms with Crippen LogP contribution >= 0.6 is 34.9 Å². The van der Waals surface area contributed by atoms with E-state index in [1.807, 2.05) is 0 Å². The van der Waals surface area contributed by atoms with Crippen molar-refractivity contribution < 1.29 is 53.3 Å². The average Bonchev–Trinajstić information content (AvgIpc) is 3.24. The van der Waals surface area contributed by atoms with Crippen molar-refractivity contribution in [2.24, 2.45) is 0 Å². The third-order valence-electron chi connectivity index (χ3n) is 3.41. The minimum Gasteiger partial charge on any atom is -0.481 e. The molecule has 0 bridgehead atoms. The first-order valence-corrected chi connectivity index (χ1v) is 10.2. The normalized spacial score (nSPS) is 11.1. The number of halogens is 6. The molecular formula is C18H12F6FeN2O2S3.